The summed E-state index contributed by atoms with van der Waals surface area (Å²) < 4.78 is 32.0. The van der Waals surface area contributed by atoms with Crippen LogP contribution in [0.5, 0.6) is 5.75 Å². The molecule has 1 fully saturated rings. The maximum atomic E-state index is 12.6. The van der Waals surface area contributed by atoms with Gasteiger partial charge in [-0.25, -0.2) is 13.2 Å². The van der Waals surface area contributed by atoms with Crippen LogP contribution in [0, 0.1) is 0 Å². The molecule has 1 aliphatic heterocycles. The smallest absolute Gasteiger partial charge is 0.343 e. The van der Waals surface area contributed by atoms with E-state index in [9.17, 15) is 13.2 Å². The lowest BCUT2D eigenvalue weighted by Crippen LogP contribution is -2.27. The number of pyridine rings is 1. The van der Waals surface area contributed by atoms with E-state index >= 15 is 0 Å². The molecule has 158 valence electrons. The van der Waals surface area contributed by atoms with Crippen LogP contribution in [-0.2, 0) is 10.0 Å². The van der Waals surface area contributed by atoms with Crippen LogP contribution in [0.2, 0.25) is 0 Å². The molecule has 0 aliphatic carbocycles. The van der Waals surface area contributed by atoms with Crippen molar-refractivity contribution in [2.24, 2.45) is 0 Å². The number of aromatic nitrogens is 1. The summed E-state index contributed by atoms with van der Waals surface area (Å²) in [4.78, 5) is 16.8. The van der Waals surface area contributed by atoms with Crippen LogP contribution in [0.1, 0.15) is 34.5 Å². The molecule has 0 spiro atoms. The minimum Gasteiger partial charge on any atom is -0.423 e. The summed E-state index contributed by atoms with van der Waals surface area (Å²) >= 11 is 0. The molecule has 0 atom stereocenters. The zero-order chi connectivity index (χ0) is 21.7. The first-order chi connectivity index (χ1) is 15.0. The molecule has 1 aliphatic rings. The van der Waals surface area contributed by atoms with Gasteiger partial charge in [0.2, 0.25) is 10.0 Å². The van der Waals surface area contributed by atoms with Gasteiger partial charge in [0, 0.05) is 19.3 Å². The number of nitrogens with zero attached hydrogens (tertiary/aromatic N) is 2. The van der Waals surface area contributed by atoms with E-state index in [1.54, 1.807) is 18.3 Å². The van der Waals surface area contributed by atoms with Crippen molar-refractivity contribution < 1.29 is 17.9 Å². The first kappa shape index (κ1) is 21.0. The molecule has 1 aromatic heterocycles. The Hall–Kier alpha value is -3.29. The second-order valence-corrected chi connectivity index (χ2v) is 9.12. The fourth-order valence-electron chi connectivity index (χ4n) is 3.31. The average molecular weight is 435 g/mol. The third-order valence-electron chi connectivity index (χ3n) is 5.02. The van der Waals surface area contributed by atoms with Crippen molar-refractivity contribution >= 4 is 28.1 Å². The van der Waals surface area contributed by atoms with Crippen LogP contribution in [0.25, 0.3) is 12.2 Å². The number of rotatable bonds is 6. The van der Waals surface area contributed by atoms with E-state index in [0.717, 1.165) is 24.1 Å². The van der Waals surface area contributed by atoms with Crippen molar-refractivity contribution in [3.05, 3.63) is 89.7 Å². The molecule has 1 saturated heterocycles. The first-order valence-corrected chi connectivity index (χ1v) is 11.5. The molecule has 2 aromatic carbocycles. The third-order valence-corrected chi connectivity index (χ3v) is 6.93. The minimum absolute atomic E-state index is 0.190. The van der Waals surface area contributed by atoms with Crippen molar-refractivity contribution in [2.75, 3.05) is 13.1 Å². The van der Waals surface area contributed by atoms with Gasteiger partial charge in [0.05, 0.1) is 16.2 Å². The van der Waals surface area contributed by atoms with Crippen LogP contribution in [0.3, 0.4) is 0 Å². The summed E-state index contributed by atoms with van der Waals surface area (Å²) in [6.07, 6.45) is 7.31. The Morgan fingerprint density at radius 1 is 0.903 bits per heavy atom. The summed E-state index contributed by atoms with van der Waals surface area (Å²) in [6, 6.07) is 18.7. The molecule has 0 N–H and O–H groups in total. The number of ether oxygens (including phenoxy) is 1. The van der Waals surface area contributed by atoms with E-state index in [2.05, 4.69) is 4.98 Å². The topological polar surface area (TPSA) is 76.6 Å². The number of hydrogen-bond acceptors (Lipinski definition) is 5. The van der Waals surface area contributed by atoms with Gasteiger partial charge in [0.25, 0.3) is 0 Å². The van der Waals surface area contributed by atoms with Crippen LogP contribution >= 0.6 is 0 Å². The van der Waals surface area contributed by atoms with Gasteiger partial charge in [0.1, 0.15) is 5.75 Å². The monoisotopic (exact) mass is 434 g/mol. The lowest BCUT2D eigenvalue weighted by molar-refractivity contribution is 0.0734. The molecule has 3 aromatic rings. The highest BCUT2D eigenvalue weighted by atomic mass is 32.2. The highest BCUT2D eigenvalue weighted by molar-refractivity contribution is 7.89. The molecule has 0 unspecified atom stereocenters. The van der Waals surface area contributed by atoms with Gasteiger partial charge in [-0.1, -0.05) is 24.3 Å². The van der Waals surface area contributed by atoms with Gasteiger partial charge in [0.15, 0.2) is 0 Å². The molecule has 0 radical (unpaired) electrons. The molecule has 7 heteroatoms. The zero-order valence-corrected chi connectivity index (χ0v) is 17.7. The van der Waals surface area contributed by atoms with Crippen LogP contribution < -0.4 is 4.74 Å². The number of benzene rings is 2. The SMILES string of the molecule is O=C(Oc1ccc(/C=C/c2ccccn2)cc1)c1ccc(S(=O)(=O)N2CCCC2)cc1. The molecule has 0 bridgehead atoms. The normalized spacial score (nSPS) is 14.7. The van der Waals surface area contributed by atoms with Gasteiger partial charge in [-0.05, 0) is 73.0 Å². The summed E-state index contributed by atoms with van der Waals surface area (Å²) in [5.41, 5.74) is 2.09. The Morgan fingerprint density at radius 2 is 1.61 bits per heavy atom. The Balaban J connectivity index is 1.39. The second kappa shape index (κ2) is 9.24. The Morgan fingerprint density at radius 3 is 2.26 bits per heavy atom. The minimum atomic E-state index is -3.50. The molecule has 31 heavy (non-hydrogen) atoms. The van der Waals surface area contributed by atoms with Crippen LogP contribution in [0.4, 0.5) is 0 Å². The number of esters is 1. The summed E-state index contributed by atoms with van der Waals surface area (Å²) in [5.74, 6) is -0.129. The lowest BCUT2D eigenvalue weighted by Gasteiger charge is -2.15. The van der Waals surface area contributed by atoms with Crippen molar-refractivity contribution in [1.82, 2.24) is 9.29 Å². The van der Waals surface area contributed by atoms with Crippen molar-refractivity contribution in [3.8, 4) is 5.75 Å². The van der Waals surface area contributed by atoms with Crippen LogP contribution in [0.15, 0.2) is 77.8 Å². The number of sulfonamides is 1. The second-order valence-electron chi connectivity index (χ2n) is 7.18. The predicted molar refractivity (Wildman–Crippen MR) is 119 cm³/mol. The highest BCUT2D eigenvalue weighted by Crippen LogP contribution is 2.22. The van der Waals surface area contributed by atoms with Gasteiger partial charge < -0.3 is 4.74 Å². The number of carbonyl (C=O) groups is 1. The van der Waals surface area contributed by atoms with Crippen molar-refractivity contribution in [1.29, 1.82) is 0 Å². The zero-order valence-electron chi connectivity index (χ0n) is 16.8. The standard InChI is InChI=1S/C24H22N2O4S/c27-24(20-9-14-23(15-10-20)31(28,29)26-17-3-4-18-26)30-22-12-7-19(8-13-22)6-11-21-5-1-2-16-25-21/h1-2,5-16H,3-4,17-18H2/b11-6+. The third kappa shape index (κ3) is 5.07. The van der Waals surface area contributed by atoms with Gasteiger partial charge >= 0.3 is 5.97 Å². The molecule has 0 amide bonds. The molecule has 2 heterocycles. The van der Waals surface area contributed by atoms with E-state index in [0.29, 0.717) is 24.4 Å². The van der Waals surface area contributed by atoms with Gasteiger partial charge in [-0.3, -0.25) is 4.98 Å². The Labute approximate surface area is 181 Å². The summed E-state index contributed by atoms with van der Waals surface area (Å²) in [5, 5.41) is 0. The lowest BCUT2D eigenvalue weighted by atomic mass is 10.2. The highest BCUT2D eigenvalue weighted by Gasteiger charge is 2.27. The molecular weight excluding hydrogens is 412 g/mol. The van der Waals surface area contributed by atoms with E-state index in [4.69, 9.17) is 4.74 Å². The quantitative estimate of drug-likeness (QED) is 0.428. The van der Waals surface area contributed by atoms with Crippen LogP contribution in [-0.4, -0.2) is 36.8 Å². The molecule has 0 saturated carbocycles. The Kier molecular flexibility index (Phi) is 6.25. The van der Waals surface area contributed by atoms with E-state index in [-0.39, 0.29) is 4.90 Å². The van der Waals surface area contributed by atoms with Crippen molar-refractivity contribution in [3.63, 3.8) is 0 Å². The number of hydrogen-bond donors (Lipinski definition) is 0. The molecule has 4 rings (SSSR count). The number of carbonyl (C=O) groups excluding carboxylic acids is 1. The van der Waals surface area contributed by atoms with E-state index in [1.807, 2.05) is 42.5 Å². The molecular formula is C24H22N2O4S. The molecule has 6 nitrogen and oxygen atoms in total. The average Bonchev–Trinajstić information content (AvgIpc) is 3.35. The maximum absolute atomic E-state index is 12.6. The Bertz CT molecular complexity index is 1170. The summed E-state index contributed by atoms with van der Waals surface area (Å²) in [6.45, 7) is 1.08. The first-order valence-electron chi connectivity index (χ1n) is 10.0. The largest absolute Gasteiger partial charge is 0.423 e. The van der Waals surface area contributed by atoms with E-state index < -0.39 is 16.0 Å². The fourth-order valence-corrected chi connectivity index (χ4v) is 4.83. The predicted octanol–water partition coefficient (Wildman–Crippen LogP) is 4.26. The summed E-state index contributed by atoms with van der Waals surface area (Å²) in [7, 11) is -3.50. The van der Waals surface area contributed by atoms with Gasteiger partial charge in [-0.15, -0.1) is 0 Å². The van der Waals surface area contributed by atoms with Crippen molar-refractivity contribution in [2.45, 2.75) is 17.7 Å². The maximum Gasteiger partial charge on any atom is 0.343 e. The van der Waals surface area contributed by atoms with Gasteiger partial charge in [-0.2, -0.15) is 4.31 Å². The van der Waals surface area contributed by atoms with E-state index in [1.165, 1.54) is 28.6 Å². The fraction of sp³-hybridized carbons (Fsp3) is 0.167.